The molecule has 1 aromatic carbocycles. The normalized spacial score (nSPS) is 19.9. The average Bonchev–Trinajstić information content (AvgIpc) is 2.30. The molecular weight excluding hydrogens is 208 g/mol. The van der Waals surface area contributed by atoms with E-state index in [0.717, 1.165) is 19.3 Å². The highest BCUT2D eigenvalue weighted by Crippen LogP contribution is 2.45. The van der Waals surface area contributed by atoms with E-state index >= 15 is 0 Å². The van der Waals surface area contributed by atoms with Crippen molar-refractivity contribution in [3.05, 3.63) is 29.8 Å². The topological polar surface area (TPSA) is 26.0 Å². The predicted octanol–water partition coefficient (Wildman–Crippen LogP) is 3.74. The summed E-state index contributed by atoms with van der Waals surface area (Å²) in [5.41, 5.74) is 5.99. The molecule has 2 N–H and O–H groups in total. The smallest absolute Gasteiger partial charge is 0.248 e. The van der Waals surface area contributed by atoms with Gasteiger partial charge in [0.25, 0.3) is 0 Å². The van der Waals surface area contributed by atoms with Gasteiger partial charge in [-0.1, -0.05) is 37.5 Å². The summed E-state index contributed by atoms with van der Waals surface area (Å²) in [5.74, 6) is 0. The lowest BCUT2D eigenvalue weighted by molar-refractivity contribution is 0.0259. The fraction of sp³-hybridized carbons (Fsp3) is 0.538. The van der Waals surface area contributed by atoms with Crippen LogP contribution >= 0.6 is 0 Å². The molecule has 0 bridgehead atoms. The summed E-state index contributed by atoms with van der Waals surface area (Å²) < 4.78 is 26.8. The molecule has 0 amide bonds. The number of halogens is 2. The largest absolute Gasteiger partial charge is 0.398 e. The molecule has 1 nitrogen and oxygen atoms in total. The maximum atomic E-state index is 13.4. The van der Waals surface area contributed by atoms with Crippen molar-refractivity contribution < 1.29 is 8.78 Å². The minimum absolute atomic E-state index is 0.504. The van der Waals surface area contributed by atoms with E-state index in [1.54, 1.807) is 24.3 Å². The lowest BCUT2D eigenvalue weighted by atomic mass is 9.69. The van der Waals surface area contributed by atoms with Crippen LogP contribution in [-0.2, 0) is 5.41 Å². The lowest BCUT2D eigenvalue weighted by Crippen LogP contribution is -2.37. The molecule has 0 aromatic heterocycles. The highest BCUT2D eigenvalue weighted by molar-refractivity contribution is 5.51. The maximum absolute atomic E-state index is 13.4. The summed E-state index contributed by atoms with van der Waals surface area (Å²) in [5, 5.41) is 0. The van der Waals surface area contributed by atoms with Crippen LogP contribution in [0, 0.1) is 0 Å². The summed E-state index contributed by atoms with van der Waals surface area (Å²) in [4.78, 5) is 0. The Labute approximate surface area is 94.7 Å². The summed E-state index contributed by atoms with van der Waals surface area (Å²) in [7, 11) is 0. The Balaban J connectivity index is 2.43. The molecule has 3 heteroatoms. The zero-order valence-electron chi connectivity index (χ0n) is 9.26. The molecule has 1 aliphatic carbocycles. The third-order valence-electron chi connectivity index (χ3n) is 3.66. The van der Waals surface area contributed by atoms with Gasteiger partial charge in [0.15, 0.2) is 0 Å². The number of rotatable bonds is 2. The number of nitrogens with two attached hydrogens (primary N) is 1. The zero-order valence-corrected chi connectivity index (χ0v) is 9.26. The summed E-state index contributed by atoms with van der Waals surface area (Å²) >= 11 is 0. The first-order valence-electron chi connectivity index (χ1n) is 5.80. The maximum Gasteiger partial charge on any atom is 0.248 e. The number of nitrogen functional groups attached to an aromatic ring is 1. The molecule has 16 heavy (non-hydrogen) atoms. The van der Waals surface area contributed by atoms with Crippen molar-refractivity contribution in [3.63, 3.8) is 0 Å². The molecule has 88 valence electrons. The molecule has 2 rings (SSSR count). The number of hydrogen-bond donors (Lipinski definition) is 1. The molecule has 0 spiro atoms. The van der Waals surface area contributed by atoms with Crippen LogP contribution < -0.4 is 5.73 Å². The molecule has 0 atom stereocenters. The Bertz CT molecular complexity index is 357. The van der Waals surface area contributed by atoms with Crippen LogP contribution in [0.2, 0.25) is 0 Å². The summed E-state index contributed by atoms with van der Waals surface area (Å²) in [6, 6.07) is 7.06. The second-order valence-corrected chi connectivity index (χ2v) is 4.60. The number of anilines is 1. The molecule has 0 unspecified atom stereocenters. The van der Waals surface area contributed by atoms with Crippen molar-refractivity contribution in [1.82, 2.24) is 0 Å². The van der Waals surface area contributed by atoms with E-state index in [-0.39, 0.29) is 0 Å². The van der Waals surface area contributed by atoms with E-state index < -0.39 is 11.8 Å². The molecule has 1 aromatic rings. The molecule has 1 fully saturated rings. The highest BCUT2D eigenvalue weighted by Gasteiger charge is 2.43. The van der Waals surface area contributed by atoms with Gasteiger partial charge in [0.1, 0.15) is 0 Å². The van der Waals surface area contributed by atoms with Gasteiger partial charge in [-0.05, 0) is 24.5 Å². The van der Waals surface area contributed by atoms with E-state index in [0.29, 0.717) is 24.1 Å². The van der Waals surface area contributed by atoms with Gasteiger partial charge in [-0.15, -0.1) is 0 Å². The Morgan fingerprint density at radius 2 is 1.69 bits per heavy atom. The van der Waals surface area contributed by atoms with Gasteiger partial charge >= 0.3 is 0 Å². The number of benzene rings is 1. The molecule has 0 aliphatic heterocycles. The van der Waals surface area contributed by atoms with Gasteiger partial charge < -0.3 is 5.73 Å². The van der Waals surface area contributed by atoms with Crippen LogP contribution in [0.5, 0.6) is 0 Å². The van der Waals surface area contributed by atoms with Crippen molar-refractivity contribution in [3.8, 4) is 0 Å². The predicted molar refractivity (Wildman–Crippen MR) is 61.6 cm³/mol. The lowest BCUT2D eigenvalue weighted by Gasteiger charge is -2.37. The summed E-state index contributed by atoms with van der Waals surface area (Å²) in [6.45, 7) is 0. The Morgan fingerprint density at radius 1 is 1.06 bits per heavy atom. The second-order valence-electron chi connectivity index (χ2n) is 4.60. The fourth-order valence-corrected chi connectivity index (χ4v) is 2.74. The van der Waals surface area contributed by atoms with Crippen LogP contribution in [0.25, 0.3) is 0 Å². The van der Waals surface area contributed by atoms with Crippen molar-refractivity contribution in [2.45, 2.75) is 43.9 Å². The Hall–Kier alpha value is -1.12. The number of para-hydroxylation sites is 1. The Kier molecular flexibility index (Phi) is 3.13. The first-order chi connectivity index (χ1) is 7.67. The number of hydrogen-bond acceptors (Lipinski definition) is 1. The zero-order chi connectivity index (χ0) is 11.6. The molecular formula is C13H17F2N. The van der Waals surface area contributed by atoms with Crippen molar-refractivity contribution in [2.24, 2.45) is 0 Å². The van der Waals surface area contributed by atoms with Crippen LogP contribution in [0.1, 0.15) is 37.7 Å². The number of alkyl halides is 2. The molecule has 1 saturated carbocycles. The van der Waals surface area contributed by atoms with Crippen molar-refractivity contribution in [1.29, 1.82) is 0 Å². The first kappa shape index (κ1) is 11.4. The summed E-state index contributed by atoms with van der Waals surface area (Å²) in [6.07, 6.45) is 1.59. The molecule has 0 heterocycles. The van der Waals surface area contributed by atoms with Crippen LogP contribution in [-0.4, -0.2) is 6.43 Å². The van der Waals surface area contributed by atoms with Crippen molar-refractivity contribution in [2.75, 3.05) is 5.73 Å². The average molecular weight is 225 g/mol. The van der Waals surface area contributed by atoms with E-state index in [1.807, 2.05) is 0 Å². The van der Waals surface area contributed by atoms with Gasteiger partial charge in [-0.2, -0.15) is 0 Å². The van der Waals surface area contributed by atoms with E-state index in [2.05, 4.69) is 0 Å². The standard InChI is InChI=1S/C13H17F2N/c14-12(15)13(8-4-1-5-9-13)10-6-2-3-7-11(10)16/h2-3,6-7,12H,1,4-5,8-9,16H2. The van der Waals surface area contributed by atoms with E-state index in [4.69, 9.17) is 5.73 Å². The van der Waals surface area contributed by atoms with Crippen LogP contribution in [0.15, 0.2) is 24.3 Å². The highest BCUT2D eigenvalue weighted by atomic mass is 19.3. The monoisotopic (exact) mass is 225 g/mol. The quantitative estimate of drug-likeness (QED) is 0.762. The van der Waals surface area contributed by atoms with Gasteiger partial charge in [-0.25, -0.2) is 8.78 Å². The van der Waals surface area contributed by atoms with Gasteiger partial charge in [0.05, 0.1) is 5.41 Å². The third-order valence-corrected chi connectivity index (χ3v) is 3.66. The van der Waals surface area contributed by atoms with Crippen molar-refractivity contribution >= 4 is 5.69 Å². The second kappa shape index (κ2) is 4.40. The van der Waals surface area contributed by atoms with Gasteiger partial charge in [-0.3, -0.25) is 0 Å². The fourth-order valence-electron chi connectivity index (χ4n) is 2.74. The third kappa shape index (κ3) is 1.79. The minimum Gasteiger partial charge on any atom is -0.398 e. The Morgan fingerprint density at radius 3 is 2.25 bits per heavy atom. The molecule has 0 saturated heterocycles. The van der Waals surface area contributed by atoms with Crippen LogP contribution in [0.4, 0.5) is 14.5 Å². The molecule has 0 radical (unpaired) electrons. The molecule has 1 aliphatic rings. The van der Waals surface area contributed by atoms with Crippen LogP contribution in [0.3, 0.4) is 0 Å². The van der Waals surface area contributed by atoms with E-state index in [9.17, 15) is 8.78 Å². The minimum atomic E-state index is -2.32. The first-order valence-corrected chi connectivity index (χ1v) is 5.80. The van der Waals surface area contributed by atoms with Gasteiger partial charge in [0.2, 0.25) is 6.43 Å². The van der Waals surface area contributed by atoms with Gasteiger partial charge in [0, 0.05) is 5.69 Å². The SMILES string of the molecule is Nc1ccccc1C1(C(F)F)CCCCC1. The van der Waals surface area contributed by atoms with E-state index in [1.165, 1.54) is 0 Å².